The highest BCUT2D eigenvalue weighted by Gasteiger charge is 2.04. The highest BCUT2D eigenvalue weighted by molar-refractivity contribution is 5.36. The summed E-state index contributed by atoms with van der Waals surface area (Å²) >= 11 is 0. The van der Waals surface area contributed by atoms with Gasteiger partial charge in [0, 0.05) is 0 Å². The first-order valence-corrected chi connectivity index (χ1v) is 3.47. The highest BCUT2D eigenvalue weighted by atomic mass is 19.1. The highest BCUT2D eigenvalue weighted by Crippen LogP contribution is 2.14. The molecule has 1 aromatic rings. The lowest BCUT2D eigenvalue weighted by Gasteiger charge is -2.02. The molecular formula is C8H7FN2O. The van der Waals surface area contributed by atoms with E-state index < -0.39 is 5.95 Å². The molecule has 0 fully saturated rings. The number of nitrogens with zero attached hydrogens (tertiary/aromatic N) is 2. The molecular weight excluding hydrogens is 159 g/mol. The van der Waals surface area contributed by atoms with Crippen LogP contribution < -0.4 is 4.74 Å². The molecule has 0 amide bonds. The molecule has 0 atom stereocenters. The Morgan fingerprint density at radius 3 is 3.00 bits per heavy atom. The molecule has 0 N–H and O–H groups in total. The Labute approximate surface area is 69.4 Å². The average Bonchev–Trinajstić information content (AvgIpc) is 2.08. The third-order valence-electron chi connectivity index (χ3n) is 1.23. The number of hydrogen-bond donors (Lipinski definition) is 0. The maximum Gasteiger partial charge on any atom is 0.214 e. The van der Waals surface area contributed by atoms with Gasteiger partial charge in [0.25, 0.3) is 0 Å². The summed E-state index contributed by atoms with van der Waals surface area (Å²) in [5, 5.41) is 8.51. The fraction of sp³-hybridized carbons (Fsp3) is 0.250. The van der Waals surface area contributed by atoms with E-state index in [2.05, 4.69) is 4.98 Å². The van der Waals surface area contributed by atoms with Gasteiger partial charge < -0.3 is 4.74 Å². The van der Waals surface area contributed by atoms with Gasteiger partial charge in [-0.2, -0.15) is 9.65 Å². The van der Waals surface area contributed by atoms with Crippen LogP contribution >= 0.6 is 0 Å². The van der Waals surface area contributed by atoms with Crippen molar-refractivity contribution in [3.05, 3.63) is 23.8 Å². The van der Waals surface area contributed by atoms with Crippen LogP contribution in [0.3, 0.4) is 0 Å². The van der Waals surface area contributed by atoms with Gasteiger partial charge >= 0.3 is 0 Å². The van der Waals surface area contributed by atoms with Gasteiger partial charge in [-0.1, -0.05) is 0 Å². The molecule has 0 saturated carbocycles. The molecule has 1 heterocycles. The number of hydrogen-bond acceptors (Lipinski definition) is 3. The van der Waals surface area contributed by atoms with Crippen LogP contribution in [0.5, 0.6) is 5.75 Å². The topological polar surface area (TPSA) is 45.9 Å². The summed E-state index contributed by atoms with van der Waals surface area (Å²) in [5.74, 6) is -0.351. The maximum absolute atomic E-state index is 12.5. The van der Waals surface area contributed by atoms with Crippen molar-refractivity contribution < 1.29 is 9.13 Å². The van der Waals surface area contributed by atoms with Crippen molar-refractivity contribution in [1.29, 1.82) is 5.26 Å². The summed E-state index contributed by atoms with van der Waals surface area (Å²) in [6.07, 6.45) is 0. The fourth-order valence-electron chi connectivity index (χ4n) is 0.775. The number of rotatable bonds is 2. The average molecular weight is 166 g/mol. The van der Waals surface area contributed by atoms with Gasteiger partial charge in [0.1, 0.15) is 6.07 Å². The third kappa shape index (κ3) is 1.70. The van der Waals surface area contributed by atoms with Crippen LogP contribution in [0.2, 0.25) is 0 Å². The van der Waals surface area contributed by atoms with Gasteiger partial charge in [-0.3, -0.25) is 0 Å². The van der Waals surface area contributed by atoms with E-state index in [1.165, 1.54) is 6.07 Å². The second-order valence-electron chi connectivity index (χ2n) is 2.03. The zero-order chi connectivity index (χ0) is 8.97. The summed E-state index contributed by atoms with van der Waals surface area (Å²) in [5.41, 5.74) is -0.0168. The SMILES string of the molecule is CCOc1ccc(F)nc1C#N. The Balaban J connectivity index is 3.05. The molecule has 1 rings (SSSR count). The normalized spacial score (nSPS) is 9.08. The van der Waals surface area contributed by atoms with Crippen molar-refractivity contribution in [1.82, 2.24) is 4.98 Å². The smallest absolute Gasteiger partial charge is 0.214 e. The second kappa shape index (κ2) is 3.67. The minimum atomic E-state index is -0.671. The van der Waals surface area contributed by atoms with Gasteiger partial charge in [-0.15, -0.1) is 0 Å². The Morgan fingerprint density at radius 2 is 2.42 bits per heavy atom. The fourth-order valence-corrected chi connectivity index (χ4v) is 0.775. The lowest BCUT2D eigenvalue weighted by Crippen LogP contribution is -1.97. The monoisotopic (exact) mass is 166 g/mol. The van der Waals surface area contributed by atoms with Crippen LogP contribution in [0.1, 0.15) is 12.6 Å². The summed E-state index contributed by atoms with van der Waals surface area (Å²) < 4.78 is 17.5. The van der Waals surface area contributed by atoms with Crippen molar-refractivity contribution in [2.75, 3.05) is 6.61 Å². The van der Waals surface area contributed by atoms with Crippen molar-refractivity contribution in [3.63, 3.8) is 0 Å². The molecule has 0 aliphatic heterocycles. The quantitative estimate of drug-likeness (QED) is 0.625. The molecule has 0 aliphatic carbocycles. The van der Waals surface area contributed by atoms with E-state index in [0.717, 1.165) is 6.07 Å². The predicted molar refractivity (Wildman–Crippen MR) is 40.1 cm³/mol. The second-order valence-corrected chi connectivity index (χ2v) is 2.03. The van der Waals surface area contributed by atoms with Crippen molar-refractivity contribution in [2.45, 2.75) is 6.92 Å². The molecule has 3 nitrogen and oxygen atoms in total. The molecule has 0 unspecified atom stereocenters. The molecule has 12 heavy (non-hydrogen) atoms. The lowest BCUT2D eigenvalue weighted by molar-refractivity contribution is 0.336. The number of aromatic nitrogens is 1. The van der Waals surface area contributed by atoms with Crippen molar-refractivity contribution >= 4 is 0 Å². The van der Waals surface area contributed by atoms with E-state index in [4.69, 9.17) is 10.00 Å². The van der Waals surface area contributed by atoms with Gasteiger partial charge in [0.2, 0.25) is 5.95 Å². The number of pyridine rings is 1. The van der Waals surface area contributed by atoms with Crippen LogP contribution in [-0.4, -0.2) is 11.6 Å². The molecule has 0 saturated heterocycles. The molecule has 4 heteroatoms. The van der Waals surface area contributed by atoms with Crippen LogP contribution in [0.4, 0.5) is 4.39 Å². The molecule has 0 spiro atoms. The molecule has 62 valence electrons. The summed E-state index contributed by atoms with van der Waals surface area (Å²) in [6, 6.07) is 4.30. The first-order chi connectivity index (χ1) is 5.77. The van der Waals surface area contributed by atoms with E-state index in [-0.39, 0.29) is 5.69 Å². The minimum Gasteiger partial charge on any atom is -0.491 e. The summed E-state index contributed by atoms with van der Waals surface area (Å²) in [7, 11) is 0. The van der Waals surface area contributed by atoms with Gasteiger partial charge in [-0.05, 0) is 19.1 Å². The van der Waals surface area contributed by atoms with Crippen LogP contribution in [0.15, 0.2) is 12.1 Å². The standard InChI is InChI=1S/C8H7FN2O/c1-2-12-7-3-4-8(9)11-6(7)5-10/h3-4H,2H2,1H3. The van der Waals surface area contributed by atoms with E-state index in [1.807, 2.05) is 0 Å². The van der Waals surface area contributed by atoms with Gasteiger partial charge in [-0.25, -0.2) is 4.98 Å². The maximum atomic E-state index is 12.5. The van der Waals surface area contributed by atoms with E-state index in [1.54, 1.807) is 13.0 Å². The number of nitriles is 1. The van der Waals surface area contributed by atoms with E-state index in [0.29, 0.717) is 12.4 Å². The Morgan fingerprint density at radius 1 is 1.67 bits per heavy atom. The lowest BCUT2D eigenvalue weighted by atomic mass is 10.3. The number of ether oxygens (including phenoxy) is 1. The van der Waals surface area contributed by atoms with Crippen molar-refractivity contribution in [3.8, 4) is 11.8 Å². The van der Waals surface area contributed by atoms with Crippen LogP contribution in [-0.2, 0) is 0 Å². The van der Waals surface area contributed by atoms with Crippen LogP contribution in [0, 0.1) is 17.3 Å². The largest absolute Gasteiger partial charge is 0.491 e. The molecule has 0 radical (unpaired) electrons. The Kier molecular flexibility index (Phi) is 2.59. The zero-order valence-corrected chi connectivity index (χ0v) is 6.54. The Hall–Kier alpha value is -1.63. The number of halogens is 1. The molecule has 0 aromatic carbocycles. The molecule has 1 aromatic heterocycles. The first-order valence-electron chi connectivity index (χ1n) is 3.47. The third-order valence-corrected chi connectivity index (χ3v) is 1.23. The van der Waals surface area contributed by atoms with Gasteiger partial charge in [0.05, 0.1) is 6.61 Å². The summed E-state index contributed by atoms with van der Waals surface area (Å²) in [6.45, 7) is 2.21. The minimum absolute atomic E-state index is 0.0168. The molecule has 0 bridgehead atoms. The van der Waals surface area contributed by atoms with E-state index in [9.17, 15) is 4.39 Å². The Bertz CT molecular complexity index is 319. The van der Waals surface area contributed by atoms with E-state index >= 15 is 0 Å². The molecule has 0 aliphatic rings. The van der Waals surface area contributed by atoms with Gasteiger partial charge in [0.15, 0.2) is 11.4 Å². The zero-order valence-electron chi connectivity index (χ0n) is 6.54. The predicted octanol–water partition coefficient (Wildman–Crippen LogP) is 1.49. The summed E-state index contributed by atoms with van der Waals surface area (Å²) in [4.78, 5) is 3.36. The van der Waals surface area contributed by atoms with Crippen molar-refractivity contribution in [2.24, 2.45) is 0 Å². The first kappa shape index (κ1) is 8.47. The van der Waals surface area contributed by atoms with Crippen LogP contribution in [0.25, 0.3) is 0 Å².